The van der Waals surface area contributed by atoms with Crippen LogP contribution in [0.4, 0.5) is 0 Å². The molecule has 2 fully saturated rings. The Morgan fingerprint density at radius 2 is 2.00 bits per heavy atom. The summed E-state index contributed by atoms with van der Waals surface area (Å²) in [6.07, 6.45) is 17.0. The van der Waals surface area contributed by atoms with Gasteiger partial charge in [-0.1, -0.05) is 36.7 Å². The predicted molar refractivity (Wildman–Crippen MR) is 109 cm³/mol. The summed E-state index contributed by atoms with van der Waals surface area (Å²) in [5.41, 5.74) is 5.89. The molecule has 5 rings (SSSR count). The van der Waals surface area contributed by atoms with Crippen LogP contribution in [0.2, 0.25) is 0 Å². The molecule has 4 aliphatic carbocycles. The van der Waals surface area contributed by atoms with Crippen LogP contribution in [0.25, 0.3) is 5.57 Å². The number of fused-ring (bicyclic) bond motifs is 5. The third kappa shape index (κ3) is 2.40. The van der Waals surface area contributed by atoms with E-state index in [4.69, 9.17) is 0 Å². The number of allylic oxidation sites excluding steroid dienone is 4. The largest absolute Gasteiger partial charge is 0.411 e. The van der Waals surface area contributed by atoms with Gasteiger partial charge in [-0.3, -0.25) is 4.98 Å². The van der Waals surface area contributed by atoms with Gasteiger partial charge < -0.3 is 5.21 Å². The lowest BCUT2D eigenvalue weighted by Crippen LogP contribution is -2.49. The number of aromatic nitrogens is 1. The van der Waals surface area contributed by atoms with Gasteiger partial charge in [0, 0.05) is 12.4 Å². The fourth-order valence-corrected chi connectivity index (χ4v) is 7.19. The second kappa shape index (κ2) is 6.05. The zero-order valence-corrected chi connectivity index (χ0v) is 16.5. The fraction of sp³-hybridized carbons (Fsp3) is 0.583. The average molecular weight is 363 g/mol. The van der Waals surface area contributed by atoms with E-state index in [1.54, 1.807) is 11.1 Å². The van der Waals surface area contributed by atoms with E-state index in [0.717, 1.165) is 36.3 Å². The Morgan fingerprint density at radius 3 is 2.78 bits per heavy atom. The van der Waals surface area contributed by atoms with Crippen molar-refractivity contribution < 1.29 is 5.21 Å². The van der Waals surface area contributed by atoms with Gasteiger partial charge in [-0.15, -0.1) is 0 Å². The van der Waals surface area contributed by atoms with E-state index in [9.17, 15) is 5.21 Å². The van der Waals surface area contributed by atoms with Crippen LogP contribution in [-0.2, 0) is 0 Å². The average Bonchev–Trinajstić information content (AvgIpc) is 3.05. The molecule has 4 aliphatic rings. The standard InChI is InChI=1S/C24H30N2O/c1-23-11-9-18(26-27)14-17(23)5-6-19-21-8-7-20(16-4-3-13-25-15-16)24(21,2)12-10-22(19)23/h3-4,7,13-15,19,21-22,27H,5-6,8-12H2,1-2H3/b26-18-/t19-,21-,22-,23-,24+/m0/s1. The van der Waals surface area contributed by atoms with Gasteiger partial charge in [-0.2, -0.15) is 0 Å². The maximum absolute atomic E-state index is 9.22. The summed E-state index contributed by atoms with van der Waals surface area (Å²) in [4.78, 5) is 4.38. The fourth-order valence-electron chi connectivity index (χ4n) is 7.19. The Kier molecular flexibility index (Phi) is 3.86. The highest BCUT2D eigenvalue weighted by molar-refractivity contribution is 5.96. The first kappa shape index (κ1) is 17.2. The number of rotatable bonds is 1. The Bertz CT molecular complexity index is 839. The van der Waals surface area contributed by atoms with Crippen LogP contribution in [0.5, 0.6) is 0 Å². The van der Waals surface area contributed by atoms with Crippen molar-refractivity contribution in [3.63, 3.8) is 0 Å². The van der Waals surface area contributed by atoms with Gasteiger partial charge in [0.2, 0.25) is 0 Å². The van der Waals surface area contributed by atoms with Crippen molar-refractivity contribution >= 4 is 11.3 Å². The van der Waals surface area contributed by atoms with Crippen LogP contribution < -0.4 is 0 Å². The van der Waals surface area contributed by atoms with Gasteiger partial charge in [0.25, 0.3) is 0 Å². The van der Waals surface area contributed by atoms with Crippen LogP contribution in [0.1, 0.15) is 64.4 Å². The molecule has 5 atom stereocenters. The summed E-state index contributed by atoms with van der Waals surface area (Å²) in [5, 5.41) is 12.7. The van der Waals surface area contributed by atoms with Crippen molar-refractivity contribution in [2.45, 2.75) is 58.8 Å². The van der Waals surface area contributed by atoms with Crippen molar-refractivity contribution in [1.82, 2.24) is 4.98 Å². The second-order valence-corrected chi connectivity index (χ2v) is 9.65. The molecule has 3 nitrogen and oxygen atoms in total. The monoisotopic (exact) mass is 362 g/mol. The van der Waals surface area contributed by atoms with Crippen LogP contribution in [0.15, 0.2) is 47.4 Å². The minimum atomic E-state index is 0.300. The smallest absolute Gasteiger partial charge is 0.0795 e. The molecular weight excluding hydrogens is 332 g/mol. The molecule has 3 heteroatoms. The Balaban J connectivity index is 1.47. The highest BCUT2D eigenvalue weighted by Crippen LogP contribution is 2.66. The molecule has 1 aromatic rings. The lowest BCUT2D eigenvalue weighted by molar-refractivity contribution is -0.0190. The summed E-state index contributed by atoms with van der Waals surface area (Å²) < 4.78 is 0. The van der Waals surface area contributed by atoms with Crippen molar-refractivity contribution in [3.8, 4) is 0 Å². The molecule has 27 heavy (non-hydrogen) atoms. The number of oxime groups is 1. The zero-order chi connectivity index (χ0) is 18.6. The highest BCUT2D eigenvalue weighted by atomic mass is 16.4. The molecule has 0 amide bonds. The summed E-state index contributed by atoms with van der Waals surface area (Å²) in [7, 11) is 0. The normalized spacial score (nSPS) is 42.0. The quantitative estimate of drug-likeness (QED) is 0.502. The third-order valence-corrected chi connectivity index (χ3v) is 8.66. The summed E-state index contributed by atoms with van der Waals surface area (Å²) >= 11 is 0. The van der Waals surface area contributed by atoms with E-state index < -0.39 is 0 Å². The number of hydrogen-bond acceptors (Lipinski definition) is 3. The zero-order valence-electron chi connectivity index (χ0n) is 16.5. The van der Waals surface area contributed by atoms with Crippen molar-refractivity contribution in [2.24, 2.45) is 33.7 Å². The first-order chi connectivity index (χ1) is 13.1. The topological polar surface area (TPSA) is 45.5 Å². The highest BCUT2D eigenvalue weighted by Gasteiger charge is 2.57. The third-order valence-electron chi connectivity index (χ3n) is 8.66. The lowest BCUT2D eigenvalue weighted by Gasteiger charge is -2.58. The van der Waals surface area contributed by atoms with E-state index >= 15 is 0 Å². The molecule has 0 bridgehead atoms. The van der Waals surface area contributed by atoms with Crippen LogP contribution >= 0.6 is 0 Å². The van der Waals surface area contributed by atoms with E-state index in [1.165, 1.54) is 37.7 Å². The van der Waals surface area contributed by atoms with Crippen LogP contribution in [0.3, 0.4) is 0 Å². The maximum atomic E-state index is 9.22. The molecule has 0 unspecified atom stereocenters. The minimum absolute atomic E-state index is 0.300. The molecule has 0 aliphatic heterocycles. The Hall–Kier alpha value is -1.90. The molecule has 0 radical (unpaired) electrons. The molecule has 0 saturated heterocycles. The number of pyridine rings is 1. The number of nitrogens with zero attached hydrogens (tertiary/aromatic N) is 2. The van der Waals surface area contributed by atoms with Crippen molar-refractivity contribution in [1.29, 1.82) is 0 Å². The second-order valence-electron chi connectivity index (χ2n) is 9.65. The summed E-state index contributed by atoms with van der Waals surface area (Å²) in [5.74, 6) is 2.35. The van der Waals surface area contributed by atoms with E-state index in [1.807, 2.05) is 12.4 Å². The van der Waals surface area contributed by atoms with Gasteiger partial charge in [0.15, 0.2) is 0 Å². The van der Waals surface area contributed by atoms with E-state index in [-0.39, 0.29) is 0 Å². The van der Waals surface area contributed by atoms with E-state index in [2.05, 4.69) is 48.3 Å². The lowest BCUT2D eigenvalue weighted by atomic mass is 9.46. The SMILES string of the molecule is C[C@]12CC/C(=N/O)C=C1CC[C@@H]1[C@@H]2CC[C@]2(C)C(c3cccnc3)=CC[C@@H]12. The summed E-state index contributed by atoms with van der Waals surface area (Å²) in [6, 6.07) is 4.30. The molecule has 1 aromatic heterocycles. The van der Waals surface area contributed by atoms with Crippen LogP contribution in [0, 0.1) is 28.6 Å². The van der Waals surface area contributed by atoms with Gasteiger partial charge in [0.05, 0.1) is 5.71 Å². The molecule has 0 spiro atoms. The van der Waals surface area contributed by atoms with Crippen molar-refractivity contribution in [2.75, 3.05) is 0 Å². The minimum Gasteiger partial charge on any atom is -0.411 e. The molecular formula is C24H30N2O. The maximum Gasteiger partial charge on any atom is 0.0795 e. The molecule has 2 saturated carbocycles. The van der Waals surface area contributed by atoms with Gasteiger partial charge in [-0.05, 0) is 96.8 Å². The van der Waals surface area contributed by atoms with Gasteiger partial charge in [-0.25, -0.2) is 0 Å². The summed E-state index contributed by atoms with van der Waals surface area (Å²) in [6.45, 7) is 5.02. The molecule has 0 aromatic carbocycles. The van der Waals surface area contributed by atoms with Gasteiger partial charge in [0.1, 0.15) is 0 Å². The van der Waals surface area contributed by atoms with Crippen molar-refractivity contribution in [3.05, 3.63) is 47.8 Å². The molecule has 1 N–H and O–H groups in total. The van der Waals surface area contributed by atoms with Gasteiger partial charge >= 0.3 is 0 Å². The Morgan fingerprint density at radius 1 is 1.11 bits per heavy atom. The first-order valence-corrected chi connectivity index (χ1v) is 10.6. The van der Waals surface area contributed by atoms with E-state index in [0.29, 0.717) is 10.8 Å². The number of hydrogen-bond donors (Lipinski definition) is 1. The Labute approximate surface area is 162 Å². The predicted octanol–water partition coefficient (Wildman–Crippen LogP) is 5.87. The molecule has 1 heterocycles. The molecule has 142 valence electrons. The first-order valence-electron chi connectivity index (χ1n) is 10.6. The van der Waals surface area contributed by atoms with Crippen LogP contribution in [-0.4, -0.2) is 15.9 Å².